The molecule has 2 aliphatic heterocycles. The molecule has 0 aliphatic carbocycles. The highest BCUT2D eigenvalue weighted by Crippen LogP contribution is 2.21. The average Bonchev–Trinajstić information content (AvgIpc) is 3.33. The summed E-state index contributed by atoms with van der Waals surface area (Å²) in [5.41, 5.74) is 2.48. The molecule has 2 heterocycles. The van der Waals surface area contributed by atoms with Crippen LogP contribution in [-0.4, -0.2) is 69.2 Å². The third-order valence-electron chi connectivity index (χ3n) is 5.68. The van der Waals surface area contributed by atoms with E-state index >= 15 is 0 Å². The summed E-state index contributed by atoms with van der Waals surface area (Å²) in [6, 6.07) is 6.46. The first-order valence-corrected chi connectivity index (χ1v) is 10.0. The van der Waals surface area contributed by atoms with E-state index in [1.807, 2.05) is 7.05 Å². The maximum atomic E-state index is 5.43. The Balaban J connectivity index is 0.00000261. The van der Waals surface area contributed by atoms with Gasteiger partial charge in [0.1, 0.15) is 5.75 Å². The average molecular weight is 486 g/mol. The standard InChI is InChI=1S/C21H34N4O.HI/c1-17-6-7-18(14-20(17)26-3)8-10-23-21(22-2)25-13-9-19(16-25)15-24-11-4-5-12-24;/h6-7,14,19H,4-5,8-13,15-16H2,1-3H3,(H,22,23);1H. The molecule has 0 spiro atoms. The number of halogens is 1. The van der Waals surface area contributed by atoms with Crippen LogP contribution in [-0.2, 0) is 6.42 Å². The molecule has 27 heavy (non-hydrogen) atoms. The molecule has 1 N–H and O–H groups in total. The fourth-order valence-electron chi connectivity index (χ4n) is 4.18. The molecule has 1 unspecified atom stereocenters. The number of hydrogen-bond acceptors (Lipinski definition) is 3. The fraction of sp³-hybridized carbons (Fsp3) is 0.667. The molecule has 2 aliphatic rings. The summed E-state index contributed by atoms with van der Waals surface area (Å²) in [6.45, 7) is 9.08. The van der Waals surface area contributed by atoms with Crippen molar-refractivity contribution in [3.63, 3.8) is 0 Å². The first kappa shape index (κ1) is 22.3. The summed E-state index contributed by atoms with van der Waals surface area (Å²) in [6.07, 6.45) is 5.01. The Labute approximate surface area is 181 Å². The molecule has 2 saturated heterocycles. The SMILES string of the molecule is CN=C(NCCc1ccc(C)c(OC)c1)N1CCC(CN2CCCC2)C1.I. The number of likely N-dealkylation sites (tertiary alicyclic amines) is 2. The van der Waals surface area contributed by atoms with E-state index in [9.17, 15) is 0 Å². The summed E-state index contributed by atoms with van der Waals surface area (Å²) in [7, 11) is 3.63. The Morgan fingerprint density at radius 1 is 1.26 bits per heavy atom. The van der Waals surface area contributed by atoms with E-state index in [4.69, 9.17) is 4.74 Å². The van der Waals surface area contributed by atoms with Crippen molar-refractivity contribution in [2.75, 3.05) is 53.4 Å². The molecule has 0 aromatic heterocycles. The van der Waals surface area contributed by atoms with Crippen molar-refractivity contribution in [2.45, 2.75) is 32.6 Å². The van der Waals surface area contributed by atoms with Crippen molar-refractivity contribution < 1.29 is 4.74 Å². The quantitative estimate of drug-likeness (QED) is 0.381. The maximum Gasteiger partial charge on any atom is 0.193 e. The molecule has 1 atom stereocenters. The zero-order valence-electron chi connectivity index (χ0n) is 17.0. The monoisotopic (exact) mass is 486 g/mol. The van der Waals surface area contributed by atoms with Crippen molar-refractivity contribution in [1.82, 2.24) is 15.1 Å². The number of nitrogens with one attached hydrogen (secondary N) is 1. The summed E-state index contributed by atoms with van der Waals surface area (Å²) < 4.78 is 5.43. The van der Waals surface area contributed by atoms with E-state index in [1.54, 1.807) is 7.11 Å². The number of hydrogen-bond donors (Lipinski definition) is 1. The molecule has 6 heteroatoms. The molecule has 2 fully saturated rings. The van der Waals surface area contributed by atoms with Gasteiger partial charge in [0.05, 0.1) is 7.11 Å². The predicted octanol–water partition coefficient (Wildman–Crippen LogP) is 3.16. The van der Waals surface area contributed by atoms with Crippen LogP contribution >= 0.6 is 24.0 Å². The van der Waals surface area contributed by atoms with Crippen molar-refractivity contribution in [3.8, 4) is 5.75 Å². The van der Waals surface area contributed by atoms with E-state index in [-0.39, 0.29) is 24.0 Å². The van der Waals surface area contributed by atoms with Crippen molar-refractivity contribution >= 4 is 29.9 Å². The van der Waals surface area contributed by atoms with Gasteiger partial charge in [-0.15, -0.1) is 24.0 Å². The molecule has 0 bridgehead atoms. The Kier molecular flexibility index (Phi) is 9.15. The topological polar surface area (TPSA) is 40.1 Å². The van der Waals surface area contributed by atoms with Crippen molar-refractivity contribution in [2.24, 2.45) is 10.9 Å². The van der Waals surface area contributed by atoms with Gasteiger partial charge in [-0.2, -0.15) is 0 Å². The first-order chi connectivity index (χ1) is 12.7. The van der Waals surface area contributed by atoms with Crippen LogP contribution in [0.1, 0.15) is 30.4 Å². The van der Waals surface area contributed by atoms with Crippen molar-refractivity contribution in [1.29, 1.82) is 0 Å². The Morgan fingerprint density at radius 3 is 2.74 bits per heavy atom. The van der Waals surface area contributed by atoms with Gasteiger partial charge < -0.3 is 19.9 Å². The smallest absolute Gasteiger partial charge is 0.193 e. The number of ether oxygens (including phenoxy) is 1. The minimum atomic E-state index is 0. The third-order valence-corrected chi connectivity index (χ3v) is 5.68. The molecule has 152 valence electrons. The molecule has 0 radical (unpaired) electrons. The molecule has 0 amide bonds. The molecule has 0 saturated carbocycles. The van der Waals surface area contributed by atoms with Crippen LogP contribution in [0.15, 0.2) is 23.2 Å². The summed E-state index contributed by atoms with van der Waals surface area (Å²) in [5, 5.41) is 3.55. The van der Waals surface area contributed by atoms with E-state index in [0.717, 1.165) is 43.7 Å². The summed E-state index contributed by atoms with van der Waals surface area (Å²) in [5.74, 6) is 2.80. The lowest BCUT2D eigenvalue weighted by atomic mass is 10.1. The van der Waals surface area contributed by atoms with Gasteiger partial charge in [0, 0.05) is 33.2 Å². The van der Waals surface area contributed by atoms with Gasteiger partial charge in [0.15, 0.2) is 5.96 Å². The fourth-order valence-corrected chi connectivity index (χ4v) is 4.18. The zero-order chi connectivity index (χ0) is 18.4. The van der Waals surface area contributed by atoms with Gasteiger partial charge in [-0.25, -0.2) is 0 Å². The van der Waals surface area contributed by atoms with E-state index in [0.29, 0.717) is 0 Å². The number of aryl methyl sites for hydroxylation is 1. The Morgan fingerprint density at radius 2 is 2.04 bits per heavy atom. The highest BCUT2D eigenvalue weighted by Gasteiger charge is 2.27. The highest BCUT2D eigenvalue weighted by atomic mass is 127. The number of rotatable bonds is 6. The minimum Gasteiger partial charge on any atom is -0.496 e. The largest absolute Gasteiger partial charge is 0.496 e. The lowest BCUT2D eigenvalue weighted by Gasteiger charge is -2.23. The number of methoxy groups -OCH3 is 1. The maximum absolute atomic E-state index is 5.43. The molecule has 1 aromatic rings. The molecule has 3 rings (SSSR count). The minimum absolute atomic E-state index is 0. The molecular weight excluding hydrogens is 451 g/mol. The van der Waals surface area contributed by atoms with Gasteiger partial charge in [-0.05, 0) is 68.8 Å². The zero-order valence-corrected chi connectivity index (χ0v) is 19.4. The Bertz CT molecular complexity index is 616. The van der Waals surface area contributed by atoms with Gasteiger partial charge in [0.25, 0.3) is 0 Å². The highest BCUT2D eigenvalue weighted by molar-refractivity contribution is 14.0. The van der Waals surface area contributed by atoms with Crippen LogP contribution in [0.5, 0.6) is 5.75 Å². The van der Waals surface area contributed by atoms with Crippen LogP contribution in [0.2, 0.25) is 0 Å². The molecule has 1 aromatic carbocycles. The third kappa shape index (κ3) is 6.24. The molecule has 5 nitrogen and oxygen atoms in total. The van der Waals surface area contributed by atoms with E-state index < -0.39 is 0 Å². The second kappa shape index (κ2) is 11.1. The van der Waals surface area contributed by atoms with Crippen LogP contribution in [0, 0.1) is 12.8 Å². The van der Waals surface area contributed by atoms with Crippen LogP contribution in [0.25, 0.3) is 0 Å². The van der Waals surface area contributed by atoms with Gasteiger partial charge in [-0.3, -0.25) is 4.99 Å². The molecular formula is C21H35IN4O. The summed E-state index contributed by atoms with van der Waals surface area (Å²) in [4.78, 5) is 9.57. The lowest BCUT2D eigenvalue weighted by Crippen LogP contribution is -2.41. The predicted molar refractivity (Wildman–Crippen MR) is 124 cm³/mol. The van der Waals surface area contributed by atoms with Crippen LogP contribution in [0.4, 0.5) is 0 Å². The first-order valence-electron chi connectivity index (χ1n) is 10.0. The van der Waals surface area contributed by atoms with Crippen molar-refractivity contribution in [3.05, 3.63) is 29.3 Å². The number of aliphatic imine (C=N–C) groups is 1. The van der Waals surface area contributed by atoms with Crippen LogP contribution < -0.4 is 10.1 Å². The number of nitrogens with zero attached hydrogens (tertiary/aromatic N) is 3. The van der Waals surface area contributed by atoms with Gasteiger partial charge >= 0.3 is 0 Å². The number of benzene rings is 1. The lowest BCUT2D eigenvalue weighted by molar-refractivity contribution is 0.281. The second-order valence-corrected chi connectivity index (χ2v) is 7.64. The van der Waals surface area contributed by atoms with E-state index in [1.165, 1.54) is 50.0 Å². The second-order valence-electron chi connectivity index (χ2n) is 7.64. The van der Waals surface area contributed by atoms with E-state index in [2.05, 4.69) is 45.2 Å². The Hall–Kier alpha value is -1.02. The summed E-state index contributed by atoms with van der Waals surface area (Å²) >= 11 is 0. The normalized spacial score (nSPS) is 20.6. The number of guanidine groups is 1. The van der Waals surface area contributed by atoms with Gasteiger partial charge in [-0.1, -0.05) is 12.1 Å². The van der Waals surface area contributed by atoms with Gasteiger partial charge in [0.2, 0.25) is 0 Å². The van der Waals surface area contributed by atoms with Crippen LogP contribution in [0.3, 0.4) is 0 Å².